The van der Waals surface area contributed by atoms with Crippen LogP contribution in [0.25, 0.3) is 5.65 Å². The summed E-state index contributed by atoms with van der Waals surface area (Å²) < 4.78 is 29.3. The lowest BCUT2D eigenvalue weighted by Crippen LogP contribution is -2.36. The summed E-state index contributed by atoms with van der Waals surface area (Å²) in [6, 6.07) is 7.14. The molecule has 1 aromatic carbocycles. The summed E-state index contributed by atoms with van der Waals surface area (Å²) in [6.07, 6.45) is 4.12. The van der Waals surface area contributed by atoms with Crippen LogP contribution in [0.5, 0.6) is 0 Å². The lowest BCUT2D eigenvalue weighted by Gasteiger charge is -2.29. The Bertz CT molecular complexity index is 1570. The summed E-state index contributed by atoms with van der Waals surface area (Å²) >= 11 is 0. The van der Waals surface area contributed by atoms with Crippen molar-refractivity contribution in [2.24, 2.45) is 5.73 Å². The summed E-state index contributed by atoms with van der Waals surface area (Å²) in [4.78, 5) is 25.2. The number of nitrogens with two attached hydrogens (primary N) is 1. The largest absolute Gasteiger partial charge is 0.359 e. The third kappa shape index (κ3) is 5.46. The van der Waals surface area contributed by atoms with Crippen molar-refractivity contribution in [3.05, 3.63) is 46.6 Å². The number of benzene rings is 1. The summed E-state index contributed by atoms with van der Waals surface area (Å²) in [7, 11) is 0.181. The summed E-state index contributed by atoms with van der Waals surface area (Å²) in [5, 5.41) is 5.03. The lowest BCUT2D eigenvalue weighted by atomic mass is 10.0. The number of aromatic nitrogens is 3. The van der Waals surface area contributed by atoms with Crippen molar-refractivity contribution in [3.8, 4) is 0 Å². The van der Waals surface area contributed by atoms with Gasteiger partial charge < -0.3 is 20.4 Å². The summed E-state index contributed by atoms with van der Waals surface area (Å²) in [5.41, 5.74) is 10.4. The Labute approximate surface area is 243 Å². The monoisotopic (exact) mass is 582 g/mol. The van der Waals surface area contributed by atoms with Crippen LogP contribution < -0.4 is 19.8 Å². The van der Waals surface area contributed by atoms with E-state index in [1.54, 1.807) is 24.1 Å². The van der Waals surface area contributed by atoms with Crippen LogP contribution in [0.1, 0.15) is 65.8 Å². The van der Waals surface area contributed by atoms with E-state index in [4.69, 9.17) is 15.8 Å². The Balaban J connectivity index is 1.68. The number of carbonyl (C=O) groups excluding carboxylic acids is 1. The fourth-order valence-electron chi connectivity index (χ4n) is 6.20. The lowest BCUT2D eigenvalue weighted by molar-refractivity contribution is 0.0723. The third-order valence-corrected chi connectivity index (χ3v) is 9.54. The van der Waals surface area contributed by atoms with Crippen molar-refractivity contribution < 1.29 is 13.2 Å². The molecular formula is C29H42N8O3S. The van der Waals surface area contributed by atoms with Crippen molar-refractivity contribution in [1.29, 1.82) is 0 Å². The van der Waals surface area contributed by atoms with E-state index in [1.165, 1.54) is 10.6 Å². The number of aryl methyl sites for hydroxylation is 1. The Morgan fingerprint density at radius 2 is 1.80 bits per heavy atom. The van der Waals surface area contributed by atoms with Gasteiger partial charge in [-0.25, -0.2) is 13.4 Å². The molecule has 1 fully saturated rings. The minimum absolute atomic E-state index is 0.119. The molecule has 2 aliphatic heterocycles. The number of sulfonamides is 1. The minimum Gasteiger partial charge on any atom is -0.359 e. The molecule has 0 radical (unpaired) electrons. The van der Waals surface area contributed by atoms with Gasteiger partial charge in [-0.15, -0.1) is 0 Å². The molecule has 0 saturated carbocycles. The number of carbonyl (C=O) groups is 1. The molecule has 2 atom stereocenters. The zero-order valence-corrected chi connectivity index (χ0v) is 25.8. The molecule has 222 valence electrons. The highest BCUT2D eigenvalue weighted by molar-refractivity contribution is 7.92. The Kier molecular flexibility index (Phi) is 7.90. The molecule has 4 heterocycles. The van der Waals surface area contributed by atoms with Crippen LogP contribution in [0.3, 0.4) is 0 Å². The van der Waals surface area contributed by atoms with Crippen molar-refractivity contribution in [2.45, 2.75) is 58.5 Å². The molecule has 11 nitrogen and oxygen atoms in total. The maximum atomic E-state index is 14.1. The number of rotatable bonds is 3. The van der Waals surface area contributed by atoms with Gasteiger partial charge in [0, 0.05) is 57.9 Å². The molecule has 2 aromatic heterocycles. The van der Waals surface area contributed by atoms with Crippen LogP contribution in [-0.4, -0.2) is 86.4 Å². The molecule has 1 amide bonds. The second-order valence-electron chi connectivity index (χ2n) is 11.5. The van der Waals surface area contributed by atoms with Gasteiger partial charge in [-0.05, 0) is 51.7 Å². The normalized spacial score (nSPS) is 21.0. The predicted molar refractivity (Wildman–Crippen MR) is 164 cm³/mol. The standard InChI is InChI=1S/C29H42N8O3S/c1-7-24-23-17-26-31-27(35-15-12-21(30)18-35)20(3)28(37(26)32-23)33(4)13-8-9-14-36(41(6,39)40)25-11-10-19(2)16-22(25)29(38)34(24)5/h10-11,16-17,21,24H,7-9,12-15,18,30H2,1-6H3/t21-,24?/m0/s1. The molecule has 1 saturated heterocycles. The maximum Gasteiger partial charge on any atom is 0.256 e. The van der Waals surface area contributed by atoms with E-state index in [0.29, 0.717) is 30.6 Å². The van der Waals surface area contributed by atoms with E-state index >= 15 is 0 Å². The third-order valence-electron chi connectivity index (χ3n) is 8.36. The van der Waals surface area contributed by atoms with Crippen molar-refractivity contribution in [1.82, 2.24) is 19.5 Å². The quantitative estimate of drug-likeness (QED) is 0.500. The van der Waals surface area contributed by atoms with Crippen molar-refractivity contribution >= 4 is 38.9 Å². The zero-order valence-electron chi connectivity index (χ0n) is 25.0. The van der Waals surface area contributed by atoms with E-state index in [9.17, 15) is 13.2 Å². The number of hydrogen-bond donors (Lipinski definition) is 1. The van der Waals surface area contributed by atoms with Crippen LogP contribution >= 0.6 is 0 Å². The first-order valence-electron chi connectivity index (χ1n) is 14.4. The molecule has 0 aliphatic carbocycles. The first-order chi connectivity index (χ1) is 19.4. The van der Waals surface area contributed by atoms with Crippen LogP contribution in [0, 0.1) is 13.8 Å². The first kappa shape index (κ1) is 29.1. The van der Waals surface area contributed by atoms with Gasteiger partial charge in [0.1, 0.15) is 11.6 Å². The summed E-state index contributed by atoms with van der Waals surface area (Å²) in [6.45, 7) is 8.59. The highest BCUT2D eigenvalue weighted by Gasteiger charge is 2.31. The summed E-state index contributed by atoms with van der Waals surface area (Å²) in [5.74, 6) is 1.60. The maximum absolute atomic E-state index is 14.1. The van der Waals surface area contributed by atoms with Crippen LogP contribution in [0.2, 0.25) is 0 Å². The van der Waals surface area contributed by atoms with Gasteiger partial charge in [-0.3, -0.25) is 9.10 Å². The molecule has 2 aliphatic rings. The first-order valence-corrected chi connectivity index (χ1v) is 16.2. The molecule has 2 N–H and O–H groups in total. The average molecular weight is 583 g/mol. The van der Waals surface area contributed by atoms with E-state index < -0.39 is 10.0 Å². The molecular weight excluding hydrogens is 540 g/mol. The van der Waals surface area contributed by atoms with Crippen LogP contribution in [0.4, 0.5) is 17.3 Å². The van der Waals surface area contributed by atoms with E-state index in [1.807, 2.05) is 37.5 Å². The van der Waals surface area contributed by atoms with E-state index in [2.05, 4.69) is 16.7 Å². The van der Waals surface area contributed by atoms with Gasteiger partial charge in [0.25, 0.3) is 5.91 Å². The molecule has 5 rings (SSSR count). The van der Waals surface area contributed by atoms with Gasteiger partial charge >= 0.3 is 0 Å². The van der Waals surface area contributed by atoms with E-state index in [0.717, 1.165) is 60.0 Å². The average Bonchev–Trinajstić information content (AvgIpc) is 3.53. The van der Waals surface area contributed by atoms with Crippen LogP contribution in [0.15, 0.2) is 24.3 Å². The SMILES string of the molecule is CCC1c2cc3nc(N4CC[C@H](N)C4)c(C)c(n3n2)N(C)CCCCN(S(C)(=O)=O)c2ccc(C)cc2C(=O)N1C. The zero-order chi connectivity index (χ0) is 29.6. The molecule has 12 heteroatoms. The van der Waals surface area contributed by atoms with Gasteiger partial charge in [-0.1, -0.05) is 18.6 Å². The molecule has 0 spiro atoms. The number of anilines is 3. The second-order valence-corrected chi connectivity index (χ2v) is 13.4. The van der Waals surface area contributed by atoms with Gasteiger partial charge in [0.2, 0.25) is 10.0 Å². The Morgan fingerprint density at radius 3 is 2.46 bits per heavy atom. The molecule has 3 aromatic rings. The Hall–Kier alpha value is -3.38. The number of hydrogen-bond acceptors (Lipinski definition) is 8. The molecule has 2 bridgehead atoms. The molecule has 1 unspecified atom stereocenters. The highest BCUT2D eigenvalue weighted by atomic mass is 32.2. The van der Waals surface area contributed by atoms with Crippen molar-refractivity contribution in [2.75, 3.05) is 60.6 Å². The fraction of sp³-hybridized carbons (Fsp3) is 0.552. The van der Waals surface area contributed by atoms with Gasteiger partial charge in [0.15, 0.2) is 5.65 Å². The number of amides is 1. The smallest absolute Gasteiger partial charge is 0.256 e. The number of fused-ring (bicyclic) bond motifs is 2. The topological polar surface area (TPSA) is 120 Å². The number of nitrogens with zero attached hydrogens (tertiary/aromatic N) is 7. The van der Waals surface area contributed by atoms with Crippen molar-refractivity contribution in [3.63, 3.8) is 0 Å². The Morgan fingerprint density at radius 1 is 1.07 bits per heavy atom. The van der Waals surface area contributed by atoms with Crippen LogP contribution in [-0.2, 0) is 10.0 Å². The van der Waals surface area contributed by atoms with E-state index in [-0.39, 0.29) is 24.5 Å². The second kappa shape index (κ2) is 11.1. The predicted octanol–water partition coefficient (Wildman–Crippen LogP) is 3.10. The minimum atomic E-state index is -3.62. The fourth-order valence-corrected chi connectivity index (χ4v) is 7.18. The van der Waals surface area contributed by atoms with Gasteiger partial charge in [-0.2, -0.15) is 9.61 Å². The highest BCUT2D eigenvalue weighted by Crippen LogP contribution is 2.34. The van der Waals surface area contributed by atoms with Gasteiger partial charge in [0.05, 0.1) is 29.2 Å². The molecule has 41 heavy (non-hydrogen) atoms.